The number of nitrogens with zero attached hydrogens (tertiary/aromatic N) is 4. The van der Waals surface area contributed by atoms with E-state index in [2.05, 4.69) is 74.1 Å². The number of aryl methyl sites for hydroxylation is 4. The zero-order chi connectivity index (χ0) is 28.5. The van der Waals surface area contributed by atoms with E-state index in [1.807, 2.05) is 6.92 Å². The van der Waals surface area contributed by atoms with Crippen LogP contribution in [0, 0.1) is 18.8 Å². The third-order valence-electron chi connectivity index (χ3n) is 5.06. The third-order valence-corrected chi connectivity index (χ3v) is 5.06. The summed E-state index contributed by atoms with van der Waals surface area (Å²) in [6, 6.07) is 12.8. The Morgan fingerprint density at radius 1 is 0.811 bits per heavy atom. The molecule has 0 radical (unpaired) electrons. The maximum atomic E-state index is 9.41. The number of halogens is 4. The monoisotopic (exact) mass is 747 g/mol. The molecule has 0 saturated carbocycles. The fraction of sp³-hybridized carbons (Fsp3) is 0.520. The molecule has 12 heteroatoms. The summed E-state index contributed by atoms with van der Waals surface area (Å²) in [4.78, 5) is 9.41. The van der Waals surface area contributed by atoms with Crippen molar-refractivity contribution in [3.63, 3.8) is 0 Å². The summed E-state index contributed by atoms with van der Waals surface area (Å²) < 4.78 is 4.58. The molecule has 0 heterocycles. The van der Waals surface area contributed by atoms with E-state index in [0.717, 1.165) is 50.5 Å². The Morgan fingerprint density at radius 2 is 1.19 bits per heavy atom. The van der Waals surface area contributed by atoms with E-state index < -0.39 is 41.7 Å². The van der Waals surface area contributed by atoms with Crippen molar-refractivity contribution in [3.05, 3.63) is 74.2 Å². The molecule has 0 aliphatic rings. The van der Waals surface area contributed by atoms with Crippen LogP contribution in [0.4, 0.5) is 11.4 Å². The van der Waals surface area contributed by atoms with Crippen molar-refractivity contribution >= 4 is 45.4 Å². The number of para-hydroxylation sites is 2. The summed E-state index contributed by atoms with van der Waals surface area (Å²) in [6.45, 7) is 14.2. The zero-order valence-corrected chi connectivity index (χ0v) is 30.5. The quantitative estimate of drug-likeness (QED) is 0.0940. The van der Waals surface area contributed by atoms with E-state index in [1.54, 1.807) is 7.05 Å². The SMILES string of the molecule is CCN(C)N=O.CCc1cccc(C)c1[N-]CC[OH+]CC[N-]c1c(C)cccc1CC.[Cl][Zr][Cl].[Cl][Zr][Cl]. The molecule has 2 rings (SSSR count). The molecular formula is C25H39Cl4N4O2Zr2-. The van der Waals surface area contributed by atoms with E-state index >= 15 is 0 Å². The van der Waals surface area contributed by atoms with Gasteiger partial charge in [-0.1, -0.05) is 85.6 Å². The van der Waals surface area contributed by atoms with Crippen LogP contribution in [0.2, 0.25) is 0 Å². The molecule has 0 amide bonds. The van der Waals surface area contributed by atoms with Gasteiger partial charge in [-0.25, -0.2) is 0 Å². The standard InChI is InChI=1S/C22H30N2O.C3H8N2O.4ClH.2Zr/c1-5-19-11-7-9-17(3)21(19)23-13-15-25-16-14-24-22-18(4)10-8-12-20(22)6-2;1-3-5(2)4-6;;;;;;/h7-12H,5-6,13-16H2,1-4H3;3H2,1-2H3;4*1H;;/q-2;;;;;;2*+2/p-3. The van der Waals surface area contributed by atoms with Gasteiger partial charge in [-0.15, -0.1) is 16.3 Å². The summed E-state index contributed by atoms with van der Waals surface area (Å²) in [5, 5.41) is 13.4. The molecule has 6 nitrogen and oxygen atoms in total. The molecule has 2 aromatic carbocycles. The van der Waals surface area contributed by atoms with Crippen LogP contribution in [-0.4, -0.2) is 49.6 Å². The third kappa shape index (κ3) is 19.9. The number of benzene rings is 2. The normalized spacial score (nSPS) is 9.24. The van der Waals surface area contributed by atoms with Gasteiger partial charge in [-0.2, -0.15) is 0 Å². The van der Waals surface area contributed by atoms with Gasteiger partial charge in [0.15, 0.2) is 0 Å². The molecule has 37 heavy (non-hydrogen) atoms. The molecule has 0 bridgehead atoms. The number of hydrogen-bond acceptors (Lipinski definition) is 2. The van der Waals surface area contributed by atoms with Crippen molar-refractivity contribution in [2.24, 2.45) is 5.29 Å². The van der Waals surface area contributed by atoms with Gasteiger partial charge >= 0.3 is 75.7 Å². The Balaban J connectivity index is 0. The summed E-state index contributed by atoms with van der Waals surface area (Å²) >= 11 is -1.65. The summed E-state index contributed by atoms with van der Waals surface area (Å²) in [5.74, 6) is 0. The first kappa shape index (κ1) is 39.5. The maximum absolute atomic E-state index is 9.41. The van der Waals surface area contributed by atoms with Crippen LogP contribution in [-0.2, 0) is 54.5 Å². The van der Waals surface area contributed by atoms with Crippen molar-refractivity contribution in [2.45, 2.75) is 47.5 Å². The first-order chi connectivity index (χ1) is 17.8. The van der Waals surface area contributed by atoms with Crippen molar-refractivity contribution in [3.8, 4) is 0 Å². The van der Waals surface area contributed by atoms with Gasteiger partial charge in [0.1, 0.15) is 13.2 Å². The molecule has 0 saturated heterocycles. The average molecular weight is 752 g/mol. The summed E-state index contributed by atoms with van der Waals surface area (Å²) in [6.07, 6.45) is 2.04. The van der Waals surface area contributed by atoms with Crippen molar-refractivity contribution in [1.29, 1.82) is 0 Å². The second-order valence-corrected chi connectivity index (χ2v) is 15.0. The Hall–Kier alpha value is 0.326. The molecule has 0 unspecified atom stereocenters. The van der Waals surface area contributed by atoms with Gasteiger partial charge in [-0.05, 0) is 33.6 Å². The Kier molecular flexibility index (Phi) is 29.7. The molecule has 0 fully saturated rings. The van der Waals surface area contributed by atoms with Gasteiger partial charge in [-0.3, -0.25) is 5.01 Å². The molecule has 0 atom stereocenters. The number of aliphatic hydroxyl groups is 2. The molecule has 0 aliphatic carbocycles. The summed E-state index contributed by atoms with van der Waals surface area (Å²) in [7, 11) is 21.4. The first-order valence-electron chi connectivity index (χ1n) is 11.9. The fourth-order valence-corrected chi connectivity index (χ4v) is 3.10. The number of ether oxygens (including phenoxy) is 1. The van der Waals surface area contributed by atoms with E-state index in [4.69, 9.17) is 44.7 Å². The van der Waals surface area contributed by atoms with E-state index in [-0.39, 0.29) is 0 Å². The Bertz CT molecular complexity index is 780. The van der Waals surface area contributed by atoms with E-state index in [0.29, 0.717) is 6.54 Å². The van der Waals surface area contributed by atoms with Gasteiger partial charge in [0.2, 0.25) is 0 Å². The average Bonchev–Trinajstić information content (AvgIpc) is 2.90. The van der Waals surface area contributed by atoms with Gasteiger partial charge in [0.25, 0.3) is 0 Å². The van der Waals surface area contributed by atoms with Crippen molar-refractivity contribution < 1.29 is 46.4 Å². The molecule has 0 aliphatic heterocycles. The van der Waals surface area contributed by atoms with Gasteiger partial charge in [0, 0.05) is 13.6 Å². The van der Waals surface area contributed by atoms with Crippen LogP contribution in [0.3, 0.4) is 0 Å². The van der Waals surface area contributed by atoms with Crippen molar-refractivity contribution in [2.75, 3.05) is 39.9 Å². The minimum absolute atomic E-state index is 0.684. The van der Waals surface area contributed by atoms with Crippen molar-refractivity contribution in [1.82, 2.24) is 5.01 Å². The van der Waals surface area contributed by atoms with Crippen LogP contribution in [0.5, 0.6) is 0 Å². The number of rotatable bonds is 12. The fourth-order valence-electron chi connectivity index (χ4n) is 3.10. The van der Waals surface area contributed by atoms with Crippen LogP contribution in [0.15, 0.2) is 41.7 Å². The Morgan fingerprint density at radius 3 is 1.46 bits per heavy atom. The molecule has 208 valence electrons. The topological polar surface area (TPSA) is 73.7 Å². The molecule has 0 spiro atoms. The first-order valence-corrected chi connectivity index (χ1v) is 24.6. The predicted octanol–water partition coefficient (Wildman–Crippen LogP) is 9.04. The van der Waals surface area contributed by atoms with E-state index in [1.165, 1.54) is 27.3 Å². The van der Waals surface area contributed by atoms with Gasteiger partial charge < -0.3 is 15.4 Å². The Labute approximate surface area is 261 Å². The van der Waals surface area contributed by atoms with Gasteiger partial charge in [0.05, 0.1) is 5.29 Å². The minimum atomic E-state index is -0.826. The predicted molar refractivity (Wildman–Crippen MR) is 156 cm³/mol. The second-order valence-electron chi connectivity index (χ2n) is 7.51. The van der Waals surface area contributed by atoms with E-state index in [9.17, 15) is 4.91 Å². The van der Waals surface area contributed by atoms with Crippen LogP contribution >= 0.6 is 34.1 Å². The number of hydrogen-bond donors (Lipinski definition) is 0. The van der Waals surface area contributed by atoms with Crippen LogP contribution < -0.4 is 0 Å². The summed E-state index contributed by atoms with van der Waals surface area (Å²) in [5.41, 5.74) is 7.44. The van der Waals surface area contributed by atoms with Crippen LogP contribution in [0.25, 0.3) is 10.6 Å². The molecule has 2 aromatic rings. The zero-order valence-electron chi connectivity index (χ0n) is 22.6. The molecular weight excluding hydrogens is 713 g/mol. The molecule has 1 N–H and O–H groups in total. The molecule has 0 aromatic heterocycles. The second kappa shape index (κ2) is 27.9. The van der Waals surface area contributed by atoms with Crippen LogP contribution in [0.1, 0.15) is 43.0 Å². The number of nitroso groups, excluding NO2 is 1.